The number of aliphatic imine (C=N–C) groups is 2. The molecule has 1 N–H and O–H groups in total. The van der Waals surface area contributed by atoms with E-state index >= 15 is 0 Å². The Kier molecular flexibility index (Phi) is 7.51. The Balaban J connectivity index is 0.979. The van der Waals surface area contributed by atoms with Gasteiger partial charge in [0.25, 0.3) is 0 Å². The zero-order chi connectivity index (χ0) is 39.3. The van der Waals surface area contributed by atoms with Gasteiger partial charge in [-0.2, -0.15) is 0 Å². The van der Waals surface area contributed by atoms with Gasteiger partial charge in [0, 0.05) is 56.4 Å². The lowest BCUT2D eigenvalue weighted by molar-refractivity contribution is 0.615. The van der Waals surface area contributed by atoms with E-state index in [-0.39, 0.29) is 18.0 Å². The molecule has 288 valence electrons. The van der Waals surface area contributed by atoms with Crippen LogP contribution in [0.25, 0.3) is 44.7 Å². The van der Waals surface area contributed by atoms with Crippen LogP contribution in [-0.2, 0) is 6.42 Å². The van der Waals surface area contributed by atoms with Gasteiger partial charge in [-0.15, -0.1) is 0 Å². The molecule has 0 fully saturated rings. The van der Waals surface area contributed by atoms with Crippen molar-refractivity contribution in [2.75, 3.05) is 4.90 Å². The maximum atomic E-state index is 7.18. The van der Waals surface area contributed by atoms with Crippen molar-refractivity contribution in [2.24, 2.45) is 15.9 Å². The lowest BCUT2D eigenvalue weighted by Gasteiger charge is -2.32. The summed E-state index contributed by atoms with van der Waals surface area (Å²) in [6.45, 7) is 0. The molecule has 60 heavy (non-hydrogen) atoms. The summed E-state index contributed by atoms with van der Waals surface area (Å²) in [6.07, 6.45) is 29.3. The van der Waals surface area contributed by atoms with Gasteiger partial charge < -0.3 is 14.6 Å². The fourth-order valence-corrected chi connectivity index (χ4v) is 10.9. The number of allylic oxidation sites excluding steroid dienone is 11. The summed E-state index contributed by atoms with van der Waals surface area (Å²) >= 11 is 0. The van der Waals surface area contributed by atoms with Gasteiger partial charge in [-0.25, -0.2) is 9.98 Å². The van der Waals surface area contributed by atoms with Crippen molar-refractivity contribution in [2.45, 2.75) is 50.6 Å². The lowest BCUT2D eigenvalue weighted by Crippen LogP contribution is -2.40. The average molecular weight is 775 g/mol. The molecule has 5 nitrogen and oxygen atoms in total. The molecule has 0 amide bonds. The van der Waals surface area contributed by atoms with Crippen molar-refractivity contribution in [3.63, 3.8) is 0 Å². The molecule has 0 bridgehead atoms. The first-order valence-electron chi connectivity index (χ1n) is 21.6. The minimum Gasteiger partial charge on any atom is -0.455 e. The van der Waals surface area contributed by atoms with Crippen LogP contribution in [0, 0.1) is 5.92 Å². The van der Waals surface area contributed by atoms with E-state index in [1.807, 2.05) is 0 Å². The van der Waals surface area contributed by atoms with E-state index in [1.54, 1.807) is 0 Å². The number of hydrogen-bond donors (Lipinski definition) is 1. The Labute approximate surface area is 349 Å². The number of nitrogens with one attached hydrogen (secondary N) is 1. The topological polar surface area (TPSA) is 53.1 Å². The van der Waals surface area contributed by atoms with Gasteiger partial charge in [0.2, 0.25) is 0 Å². The van der Waals surface area contributed by atoms with Crippen LogP contribution in [0.2, 0.25) is 0 Å². The third-order valence-electron chi connectivity index (χ3n) is 13.6. The SMILES string of the molecule is C1=CC2C3=C(C=CCC3)c3c(-c4ccccc4)oc4c5c(c6c(c34)C2C(=C1)N6c1ccc(C2=NC(C3=CCCC=C3)NC(c3ccc4ccccc4c3)=N2)cc1)CCC=C5. The van der Waals surface area contributed by atoms with E-state index in [0.717, 1.165) is 83.9 Å². The molecule has 7 aliphatic rings. The van der Waals surface area contributed by atoms with Crippen molar-refractivity contribution < 1.29 is 4.42 Å². The second-order valence-electron chi connectivity index (χ2n) is 16.9. The Morgan fingerprint density at radius 2 is 1.55 bits per heavy atom. The molecule has 0 saturated heterocycles. The van der Waals surface area contributed by atoms with Crippen LogP contribution in [0.3, 0.4) is 0 Å². The highest BCUT2D eigenvalue weighted by molar-refractivity contribution is 6.15. The summed E-state index contributed by atoms with van der Waals surface area (Å²) in [4.78, 5) is 13.1. The maximum Gasteiger partial charge on any atom is 0.159 e. The summed E-state index contributed by atoms with van der Waals surface area (Å²) in [5.74, 6) is 3.04. The molecule has 2 aliphatic heterocycles. The predicted molar refractivity (Wildman–Crippen MR) is 247 cm³/mol. The van der Waals surface area contributed by atoms with Gasteiger partial charge in [-0.05, 0) is 108 Å². The molecule has 13 rings (SSSR count). The lowest BCUT2D eigenvalue weighted by atomic mass is 9.75. The molecule has 5 heteroatoms. The Bertz CT molecular complexity index is 3130. The van der Waals surface area contributed by atoms with Crippen LogP contribution >= 0.6 is 0 Å². The van der Waals surface area contributed by atoms with E-state index in [1.165, 1.54) is 66.5 Å². The van der Waals surface area contributed by atoms with E-state index in [0.29, 0.717) is 0 Å². The van der Waals surface area contributed by atoms with Crippen LogP contribution in [-0.4, -0.2) is 17.8 Å². The van der Waals surface area contributed by atoms with Crippen LogP contribution in [0.1, 0.15) is 71.4 Å². The summed E-state index contributed by atoms with van der Waals surface area (Å²) in [5.41, 5.74) is 17.4. The first kappa shape index (κ1) is 33.9. The van der Waals surface area contributed by atoms with Crippen molar-refractivity contribution in [1.29, 1.82) is 0 Å². The van der Waals surface area contributed by atoms with Crippen LogP contribution < -0.4 is 10.2 Å². The molecular formula is C55H42N4O. The Morgan fingerprint density at radius 1 is 0.733 bits per heavy atom. The molecule has 6 aromatic rings. The molecule has 5 aliphatic carbocycles. The standard InChI is InChI=1S/C55H42N4O/c1-3-15-34(16-4-1)51-47-42-21-10-9-20-40(42)41-24-13-25-45-46(41)48-49(47)52(60-51)44-23-12-11-22-43(44)50(48)59(45)39-30-28-36(29-31-39)54-56-53(35-17-5-2-6-18-35)57-55(58-54)38-27-26-33-14-7-8-19-37(33)32-38/h1,3-5,7-8,10,12-19,21,23-32,41,46,53H,2,6,9,11,20,22H2,(H,56,57,58). The summed E-state index contributed by atoms with van der Waals surface area (Å²) < 4.78 is 7.18. The Morgan fingerprint density at radius 3 is 2.43 bits per heavy atom. The smallest absolute Gasteiger partial charge is 0.159 e. The average Bonchev–Trinajstić information content (AvgIpc) is 3.86. The quantitative estimate of drug-likeness (QED) is 0.190. The van der Waals surface area contributed by atoms with Crippen molar-refractivity contribution in [3.8, 4) is 11.3 Å². The normalized spacial score (nSPS) is 21.9. The molecule has 3 atom stereocenters. The first-order chi connectivity index (χ1) is 29.8. The van der Waals surface area contributed by atoms with Crippen molar-refractivity contribution >= 4 is 56.4 Å². The molecule has 5 aromatic carbocycles. The van der Waals surface area contributed by atoms with Gasteiger partial charge >= 0.3 is 0 Å². The molecule has 3 heterocycles. The monoisotopic (exact) mass is 774 g/mol. The van der Waals surface area contributed by atoms with Gasteiger partial charge in [0.15, 0.2) is 5.84 Å². The number of furan rings is 1. The van der Waals surface area contributed by atoms with Gasteiger partial charge in [-0.3, -0.25) is 0 Å². The molecule has 0 spiro atoms. The fourth-order valence-electron chi connectivity index (χ4n) is 10.9. The van der Waals surface area contributed by atoms with Gasteiger partial charge in [-0.1, -0.05) is 127 Å². The van der Waals surface area contributed by atoms with E-state index < -0.39 is 0 Å². The van der Waals surface area contributed by atoms with Crippen molar-refractivity contribution in [3.05, 3.63) is 202 Å². The minimum atomic E-state index is -0.219. The summed E-state index contributed by atoms with van der Waals surface area (Å²) in [5, 5.41) is 7.39. The third kappa shape index (κ3) is 5.05. The number of amidine groups is 2. The number of rotatable bonds is 5. The molecule has 1 aromatic heterocycles. The molecular weight excluding hydrogens is 733 g/mol. The second-order valence-corrected chi connectivity index (χ2v) is 16.9. The van der Waals surface area contributed by atoms with Gasteiger partial charge in [0.05, 0.1) is 5.69 Å². The van der Waals surface area contributed by atoms with Gasteiger partial charge in [0.1, 0.15) is 23.3 Å². The number of fused-ring (bicyclic) bond motifs is 6. The fraction of sp³-hybridized carbons (Fsp3) is 0.164. The number of nitrogens with zero attached hydrogens (tertiary/aromatic N) is 3. The van der Waals surface area contributed by atoms with Crippen LogP contribution in [0.15, 0.2) is 183 Å². The highest BCUT2D eigenvalue weighted by Gasteiger charge is 2.48. The van der Waals surface area contributed by atoms with Crippen LogP contribution in [0.4, 0.5) is 11.4 Å². The van der Waals surface area contributed by atoms with E-state index in [2.05, 4.69) is 168 Å². The highest BCUT2D eigenvalue weighted by Crippen LogP contribution is 2.63. The van der Waals surface area contributed by atoms with E-state index in [9.17, 15) is 0 Å². The minimum absolute atomic E-state index is 0.197. The third-order valence-corrected chi connectivity index (χ3v) is 13.6. The summed E-state index contributed by atoms with van der Waals surface area (Å²) in [6, 6.07) is 34.9. The molecule has 0 radical (unpaired) electrons. The highest BCUT2D eigenvalue weighted by atomic mass is 16.3. The first-order valence-corrected chi connectivity index (χ1v) is 21.6. The molecule has 0 saturated carbocycles. The predicted octanol–water partition coefficient (Wildman–Crippen LogP) is 13.0. The largest absolute Gasteiger partial charge is 0.455 e. The van der Waals surface area contributed by atoms with Crippen molar-refractivity contribution in [1.82, 2.24) is 5.32 Å². The second kappa shape index (κ2) is 13.3. The zero-order valence-electron chi connectivity index (χ0n) is 33.2. The number of anilines is 2. The summed E-state index contributed by atoms with van der Waals surface area (Å²) in [7, 11) is 0. The zero-order valence-corrected chi connectivity index (χ0v) is 33.2. The maximum absolute atomic E-state index is 7.18. The van der Waals surface area contributed by atoms with E-state index in [4.69, 9.17) is 14.4 Å². The van der Waals surface area contributed by atoms with Crippen LogP contribution in [0.5, 0.6) is 0 Å². The Hall–Kier alpha value is -6.98. The number of benzene rings is 5. The molecule has 3 unspecified atom stereocenters. The number of hydrogen-bond acceptors (Lipinski definition) is 5.